The summed E-state index contributed by atoms with van der Waals surface area (Å²) in [6, 6.07) is 0. The van der Waals surface area contributed by atoms with Crippen LogP contribution in [0.1, 0.15) is 0 Å². The van der Waals surface area contributed by atoms with Crippen LogP contribution in [-0.2, 0) is 4.84 Å². The Morgan fingerprint density at radius 1 is 1.23 bits per heavy atom. The lowest BCUT2D eigenvalue weighted by atomic mass is 10.3. The van der Waals surface area contributed by atoms with Crippen LogP contribution < -0.4 is 5.90 Å². The molecule has 0 aromatic heterocycles. The summed E-state index contributed by atoms with van der Waals surface area (Å²) in [6.07, 6.45) is -0.692. The third-order valence-corrected chi connectivity index (χ3v) is 1.59. The van der Waals surface area contributed by atoms with Crippen LogP contribution in [0.5, 0.6) is 0 Å². The van der Waals surface area contributed by atoms with Gasteiger partial charge in [0, 0.05) is 19.6 Å². The summed E-state index contributed by atoms with van der Waals surface area (Å²) in [5.41, 5.74) is 0. The Morgan fingerprint density at radius 3 is 2.15 bits per heavy atom. The third kappa shape index (κ3) is 6.88. The maximum atomic E-state index is 9.26. The molecule has 6 nitrogen and oxygen atoms in total. The summed E-state index contributed by atoms with van der Waals surface area (Å²) >= 11 is 0. The van der Waals surface area contributed by atoms with Gasteiger partial charge in [0.1, 0.15) is 0 Å². The van der Waals surface area contributed by atoms with Crippen LogP contribution in [0.3, 0.4) is 0 Å². The highest BCUT2D eigenvalue weighted by atomic mass is 16.6. The molecule has 0 aliphatic carbocycles. The quantitative estimate of drug-likeness (QED) is 0.319. The molecule has 13 heavy (non-hydrogen) atoms. The molecule has 0 bridgehead atoms. The first-order chi connectivity index (χ1) is 6.24. The Kier molecular flexibility index (Phi) is 8.21. The van der Waals surface area contributed by atoms with E-state index in [1.165, 1.54) is 0 Å². The monoisotopic (exact) mass is 194 g/mol. The van der Waals surface area contributed by atoms with Crippen molar-refractivity contribution in [3.05, 3.63) is 0 Å². The van der Waals surface area contributed by atoms with Gasteiger partial charge in [-0.2, -0.15) is 0 Å². The number of nitrogens with two attached hydrogens (primary N) is 1. The maximum Gasteiger partial charge on any atom is 0.0951 e. The second-order valence-electron chi connectivity index (χ2n) is 2.73. The first-order valence-corrected chi connectivity index (χ1v) is 4.18. The molecule has 1 unspecified atom stereocenters. The number of aliphatic hydroxyl groups is 3. The van der Waals surface area contributed by atoms with E-state index in [4.69, 9.17) is 16.1 Å². The maximum absolute atomic E-state index is 9.26. The molecule has 1 atom stereocenters. The zero-order valence-corrected chi connectivity index (χ0v) is 7.59. The zero-order chi connectivity index (χ0) is 10.1. The average Bonchev–Trinajstić information content (AvgIpc) is 2.05. The van der Waals surface area contributed by atoms with Crippen molar-refractivity contribution in [1.82, 2.24) is 4.90 Å². The van der Waals surface area contributed by atoms with E-state index in [1.807, 2.05) is 0 Å². The summed E-state index contributed by atoms with van der Waals surface area (Å²) < 4.78 is 0. The van der Waals surface area contributed by atoms with E-state index in [9.17, 15) is 5.11 Å². The largest absolute Gasteiger partial charge is 0.395 e. The van der Waals surface area contributed by atoms with E-state index in [0.717, 1.165) is 0 Å². The van der Waals surface area contributed by atoms with Gasteiger partial charge in [0.05, 0.1) is 25.9 Å². The number of aliphatic hydroxyl groups excluding tert-OH is 3. The standard InChI is InChI=1S/C7H18N2O4/c8-13-6-7(12)5-9(1-3-10)2-4-11/h7,10-12H,1-6,8H2. The Labute approximate surface area is 77.5 Å². The Balaban J connectivity index is 3.64. The van der Waals surface area contributed by atoms with Gasteiger partial charge in [-0.3, -0.25) is 4.90 Å². The fourth-order valence-corrected chi connectivity index (χ4v) is 1.04. The summed E-state index contributed by atoms with van der Waals surface area (Å²) in [6.45, 7) is 1.21. The molecule has 0 saturated heterocycles. The van der Waals surface area contributed by atoms with Gasteiger partial charge >= 0.3 is 0 Å². The average molecular weight is 194 g/mol. The van der Waals surface area contributed by atoms with E-state index >= 15 is 0 Å². The van der Waals surface area contributed by atoms with Crippen molar-refractivity contribution in [2.75, 3.05) is 39.5 Å². The van der Waals surface area contributed by atoms with Crippen LogP contribution in [0.25, 0.3) is 0 Å². The van der Waals surface area contributed by atoms with E-state index in [0.29, 0.717) is 19.6 Å². The molecule has 0 saturated carbocycles. The van der Waals surface area contributed by atoms with Crippen LogP contribution >= 0.6 is 0 Å². The molecule has 5 N–H and O–H groups in total. The van der Waals surface area contributed by atoms with Gasteiger partial charge in [0.15, 0.2) is 0 Å². The molecule has 80 valence electrons. The van der Waals surface area contributed by atoms with Gasteiger partial charge in [0.25, 0.3) is 0 Å². The minimum atomic E-state index is -0.692. The molecule has 0 aliphatic heterocycles. The molecule has 0 rings (SSSR count). The van der Waals surface area contributed by atoms with Gasteiger partial charge in [0.2, 0.25) is 0 Å². The van der Waals surface area contributed by atoms with Gasteiger partial charge < -0.3 is 20.2 Å². The number of rotatable bonds is 8. The van der Waals surface area contributed by atoms with E-state index < -0.39 is 6.10 Å². The summed E-state index contributed by atoms with van der Waals surface area (Å²) in [5.74, 6) is 4.78. The van der Waals surface area contributed by atoms with Crippen molar-refractivity contribution in [3.63, 3.8) is 0 Å². The first kappa shape index (κ1) is 12.8. The van der Waals surface area contributed by atoms with Gasteiger partial charge in [-0.1, -0.05) is 0 Å². The van der Waals surface area contributed by atoms with Crippen LogP contribution in [0.4, 0.5) is 0 Å². The smallest absolute Gasteiger partial charge is 0.0951 e. The normalized spacial score (nSPS) is 13.6. The summed E-state index contributed by atoms with van der Waals surface area (Å²) in [4.78, 5) is 5.98. The first-order valence-electron chi connectivity index (χ1n) is 4.18. The number of nitrogens with zero attached hydrogens (tertiary/aromatic N) is 1. The fraction of sp³-hybridized carbons (Fsp3) is 1.00. The predicted molar refractivity (Wildman–Crippen MR) is 46.8 cm³/mol. The van der Waals surface area contributed by atoms with Gasteiger partial charge in [-0.15, -0.1) is 0 Å². The second-order valence-corrected chi connectivity index (χ2v) is 2.73. The Hall–Kier alpha value is -0.240. The lowest BCUT2D eigenvalue weighted by Crippen LogP contribution is -2.38. The minimum absolute atomic E-state index is 0.00377. The van der Waals surface area contributed by atoms with Crippen molar-refractivity contribution in [2.24, 2.45) is 5.90 Å². The molecule has 0 aromatic rings. The van der Waals surface area contributed by atoms with Crippen LogP contribution in [0.2, 0.25) is 0 Å². The second kappa shape index (κ2) is 8.36. The minimum Gasteiger partial charge on any atom is -0.395 e. The molecular formula is C7H18N2O4. The third-order valence-electron chi connectivity index (χ3n) is 1.59. The number of hydrogen-bond donors (Lipinski definition) is 4. The SMILES string of the molecule is NOCC(O)CN(CCO)CCO. The summed E-state index contributed by atoms with van der Waals surface area (Å²) in [7, 11) is 0. The molecular weight excluding hydrogens is 176 g/mol. The lowest BCUT2D eigenvalue weighted by molar-refractivity contribution is 0.0110. The van der Waals surface area contributed by atoms with E-state index in [1.54, 1.807) is 4.90 Å². The molecule has 0 heterocycles. The fourth-order valence-electron chi connectivity index (χ4n) is 1.04. The number of hydrogen-bond acceptors (Lipinski definition) is 6. The van der Waals surface area contributed by atoms with E-state index in [-0.39, 0.29) is 19.8 Å². The molecule has 0 spiro atoms. The predicted octanol–water partition coefficient (Wildman–Crippen LogP) is -2.48. The molecule has 0 aromatic carbocycles. The summed E-state index contributed by atoms with van der Waals surface area (Å²) in [5, 5.41) is 26.6. The van der Waals surface area contributed by atoms with Crippen molar-refractivity contribution >= 4 is 0 Å². The molecule has 0 aliphatic rings. The highest BCUT2D eigenvalue weighted by molar-refractivity contribution is 4.63. The van der Waals surface area contributed by atoms with Crippen molar-refractivity contribution in [2.45, 2.75) is 6.10 Å². The Bertz CT molecular complexity index is 109. The van der Waals surface area contributed by atoms with Gasteiger partial charge in [-0.25, -0.2) is 5.90 Å². The molecule has 6 heteroatoms. The van der Waals surface area contributed by atoms with Crippen LogP contribution in [-0.4, -0.2) is 65.8 Å². The lowest BCUT2D eigenvalue weighted by Gasteiger charge is -2.22. The molecule has 0 radical (unpaired) electrons. The van der Waals surface area contributed by atoms with Crippen LogP contribution in [0.15, 0.2) is 0 Å². The molecule has 0 fully saturated rings. The molecule has 0 amide bonds. The highest BCUT2D eigenvalue weighted by Crippen LogP contribution is 1.92. The van der Waals surface area contributed by atoms with Gasteiger partial charge in [-0.05, 0) is 0 Å². The highest BCUT2D eigenvalue weighted by Gasteiger charge is 2.10. The topological polar surface area (TPSA) is 99.2 Å². The van der Waals surface area contributed by atoms with Crippen molar-refractivity contribution in [3.8, 4) is 0 Å². The van der Waals surface area contributed by atoms with Crippen LogP contribution in [0, 0.1) is 0 Å². The zero-order valence-electron chi connectivity index (χ0n) is 7.59. The van der Waals surface area contributed by atoms with Crippen molar-refractivity contribution in [1.29, 1.82) is 0 Å². The van der Waals surface area contributed by atoms with E-state index in [2.05, 4.69) is 4.84 Å². The Morgan fingerprint density at radius 2 is 1.77 bits per heavy atom. The van der Waals surface area contributed by atoms with Crippen molar-refractivity contribution < 1.29 is 20.2 Å².